The molecule has 0 spiro atoms. The van der Waals surface area contributed by atoms with Crippen LogP contribution in [0.3, 0.4) is 0 Å². The molecule has 110 valence electrons. The summed E-state index contributed by atoms with van der Waals surface area (Å²) in [5.74, 6) is -0.626. The molecule has 0 heterocycles. The van der Waals surface area contributed by atoms with E-state index in [0.717, 1.165) is 12.1 Å². The van der Waals surface area contributed by atoms with E-state index < -0.39 is 11.9 Å². The molecule has 1 aliphatic rings. The highest BCUT2D eigenvalue weighted by Crippen LogP contribution is 2.67. The molecule has 1 fully saturated rings. The lowest BCUT2D eigenvalue weighted by molar-refractivity contribution is -0.138. The van der Waals surface area contributed by atoms with Crippen LogP contribution in [0.25, 0.3) is 0 Å². The van der Waals surface area contributed by atoms with E-state index in [1.807, 2.05) is 30.3 Å². The normalized spacial score (nSPS) is 21.4. The van der Waals surface area contributed by atoms with Gasteiger partial charge >= 0.3 is 5.97 Å². The van der Waals surface area contributed by atoms with Gasteiger partial charge in [-0.15, -0.1) is 0 Å². The van der Waals surface area contributed by atoms with Crippen LogP contribution in [0.5, 0.6) is 0 Å². The van der Waals surface area contributed by atoms with Gasteiger partial charge in [-0.25, -0.2) is 0 Å². The summed E-state index contributed by atoms with van der Waals surface area (Å²) in [4.78, 5) is 11.4. The minimum Gasteiger partial charge on any atom is -0.481 e. The van der Waals surface area contributed by atoms with Crippen molar-refractivity contribution in [1.29, 1.82) is 0 Å². The van der Waals surface area contributed by atoms with Gasteiger partial charge in [0.2, 0.25) is 0 Å². The summed E-state index contributed by atoms with van der Waals surface area (Å²) >= 11 is 0. The molecule has 1 aliphatic carbocycles. The number of carbonyl (C=O) groups is 1. The number of hydrogen-bond acceptors (Lipinski definition) is 2. The zero-order valence-electron chi connectivity index (χ0n) is 12.8. The Morgan fingerprint density at radius 1 is 1.20 bits per heavy atom. The van der Waals surface area contributed by atoms with E-state index in [-0.39, 0.29) is 0 Å². The third-order valence-electron chi connectivity index (χ3n) is 5.52. The zero-order valence-corrected chi connectivity index (χ0v) is 12.8. The second kappa shape index (κ2) is 5.21. The van der Waals surface area contributed by atoms with Crippen molar-refractivity contribution < 1.29 is 9.90 Å². The van der Waals surface area contributed by atoms with Crippen molar-refractivity contribution in [2.45, 2.75) is 33.6 Å². The molecule has 2 N–H and O–H groups in total. The first-order chi connectivity index (χ1) is 9.28. The molecule has 20 heavy (non-hydrogen) atoms. The summed E-state index contributed by atoms with van der Waals surface area (Å²) in [6, 6.07) is 9.44. The van der Waals surface area contributed by atoms with Gasteiger partial charge in [0.05, 0.1) is 5.92 Å². The molecule has 3 heteroatoms. The number of hydrogen-bond donors (Lipinski definition) is 2. The van der Waals surface area contributed by atoms with E-state index >= 15 is 0 Å². The lowest BCUT2D eigenvalue weighted by Crippen LogP contribution is -2.29. The maximum atomic E-state index is 11.4. The van der Waals surface area contributed by atoms with Crippen molar-refractivity contribution in [3.05, 3.63) is 35.9 Å². The Morgan fingerprint density at radius 2 is 1.75 bits per heavy atom. The Bertz CT molecular complexity index is 465. The molecule has 1 atom stereocenters. The molecule has 0 bridgehead atoms. The van der Waals surface area contributed by atoms with Crippen LogP contribution in [0.1, 0.15) is 39.2 Å². The second-order valence-corrected chi connectivity index (χ2v) is 6.96. The molecule has 1 aromatic rings. The highest BCUT2D eigenvalue weighted by Gasteiger charge is 2.63. The number of rotatable bonds is 6. The summed E-state index contributed by atoms with van der Waals surface area (Å²) < 4.78 is 0. The molecule has 1 saturated carbocycles. The fourth-order valence-corrected chi connectivity index (χ4v) is 3.25. The van der Waals surface area contributed by atoms with Gasteiger partial charge in [-0.3, -0.25) is 4.79 Å². The van der Waals surface area contributed by atoms with E-state index in [9.17, 15) is 9.90 Å². The average Bonchev–Trinajstić information content (AvgIpc) is 2.76. The predicted octanol–water partition coefficient (Wildman–Crippen LogP) is 3.13. The van der Waals surface area contributed by atoms with Crippen LogP contribution in [0.2, 0.25) is 0 Å². The summed E-state index contributed by atoms with van der Waals surface area (Å²) in [5, 5.41) is 12.7. The Morgan fingerprint density at radius 3 is 2.20 bits per heavy atom. The van der Waals surface area contributed by atoms with Crippen LogP contribution in [0.4, 0.5) is 0 Å². The fourth-order valence-electron chi connectivity index (χ4n) is 3.25. The van der Waals surface area contributed by atoms with Crippen molar-refractivity contribution in [2.24, 2.45) is 16.7 Å². The van der Waals surface area contributed by atoms with Crippen LogP contribution in [-0.2, 0) is 4.79 Å². The lowest BCUT2D eigenvalue weighted by Gasteiger charge is -2.14. The first kappa shape index (κ1) is 15.0. The van der Waals surface area contributed by atoms with Gasteiger partial charge in [-0.05, 0) is 28.9 Å². The summed E-state index contributed by atoms with van der Waals surface area (Å²) in [6.07, 6.45) is 0. The van der Waals surface area contributed by atoms with Gasteiger partial charge in [-0.1, -0.05) is 58.0 Å². The molecule has 0 aromatic heterocycles. The lowest BCUT2D eigenvalue weighted by atomic mass is 9.99. The molecule has 2 rings (SSSR count). The molecule has 1 aromatic carbocycles. The van der Waals surface area contributed by atoms with Gasteiger partial charge in [0, 0.05) is 6.54 Å². The molecule has 1 unspecified atom stereocenters. The quantitative estimate of drug-likeness (QED) is 0.838. The van der Waals surface area contributed by atoms with Crippen molar-refractivity contribution in [3.8, 4) is 0 Å². The van der Waals surface area contributed by atoms with Crippen LogP contribution >= 0.6 is 0 Å². The van der Waals surface area contributed by atoms with E-state index in [0.29, 0.717) is 23.3 Å². The maximum absolute atomic E-state index is 11.4. The molecule has 0 radical (unpaired) electrons. The second-order valence-electron chi connectivity index (χ2n) is 6.96. The molecular weight excluding hydrogens is 250 g/mol. The van der Waals surface area contributed by atoms with Crippen molar-refractivity contribution in [2.75, 3.05) is 13.1 Å². The highest BCUT2D eigenvalue weighted by molar-refractivity contribution is 5.76. The SMILES string of the molecule is CC1(C)C(CNCC(C(=O)O)c2ccccc2)C1(C)C. The number of benzene rings is 1. The summed E-state index contributed by atoms with van der Waals surface area (Å²) in [6.45, 7) is 10.5. The van der Waals surface area contributed by atoms with Gasteiger partial charge in [-0.2, -0.15) is 0 Å². The van der Waals surface area contributed by atoms with Crippen molar-refractivity contribution in [1.82, 2.24) is 5.32 Å². The summed E-state index contributed by atoms with van der Waals surface area (Å²) in [7, 11) is 0. The zero-order chi connectivity index (χ0) is 15.0. The molecule has 0 saturated heterocycles. The van der Waals surface area contributed by atoms with Crippen LogP contribution in [-0.4, -0.2) is 24.2 Å². The van der Waals surface area contributed by atoms with E-state index in [1.165, 1.54) is 0 Å². The fraction of sp³-hybridized carbons (Fsp3) is 0.588. The first-order valence-electron chi connectivity index (χ1n) is 7.27. The smallest absolute Gasteiger partial charge is 0.312 e. The number of aliphatic carboxylic acids is 1. The minimum atomic E-state index is -0.766. The Labute approximate surface area is 121 Å². The van der Waals surface area contributed by atoms with Crippen molar-refractivity contribution in [3.63, 3.8) is 0 Å². The highest BCUT2D eigenvalue weighted by atomic mass is 16.4. The summed E-state index contributed by atoms with van der Waals surface area (Å²) in [5.41, 5.74) is 1.54. The van der Waals surface area contributed by atoms with Crippen molar-refractivity contribution >= 4 is 5.97 Å². The van der Waals surface area contributed by atoms with Gasteiger partial charge in [0.15, 0.2) is 0 Å². The molecular formula is C17H25NO2. The third kappa shape index (κ3) is 2.59. The van der Waals surface area contributed by atoms with Gasteiger partial charge in [0.25, 0.3) is 0 Å². The largest absolute Gasteiger partial charge is 0.481 e. The Balaban J connectivity index is 1.91. The number of carboxylic acids is 1. The Hall–Kier alpha value is -1.35. The molecule has 3 nitrogen and oxygen atoms in total. The first-order valence-corrected chi connectivity index (χ1v) is 7.27. The van der Waals surface area contributed by atoms with Crippen LogP contribution in [0, 0.1) is 16.7 Å². The van der Waals surface area contributed by atoms with Gasteiger partial charge < -0.3 is 10.4 Å². The third-order valence-corrected chi connectivity index (χ3v) is 5.52. The maximum Gasteiger partial charge on any atom is 0.312 e. The minimum absolute atomic E-state index is 0.339. The van der Waals surface area contributed by atoms with E-state index in [4.69, 9.17) is 0 Å². The monoisotopic (exact) mass is 275 g/mol. The topological polar surface area (TPSA) is 49.3 Å². The molecule has 0 amide bonds. The standard InChI is InChI=1S/C17H25NO2/c1-16(2)14(17(16,3)4)11-18-10-13(15(19)20)12-8-6-5-7-9-12/h5-9,13-14,18H,10-11H2,1-4H3,(H,19,20). The van der Waals surface area contributed by atoms with E-state index in [2.05, 4.69) is 33.0 Å². The predicted molar refractivity (Wildman–Crippen MR) is 80.7 cm³/mol. The van der Waals surface area contributed by atoms with Crippen LogP contribution in [0.15, 0.2) is 30.3 Å². The average molecular weight is 275 g/mol. The van der Waals surface area contributed by atoms with Crippen LogP contribution < -0.4 is 5.32 Å². The Kier molecular flexibility index (Phi) is 3.92. The molecule has 0 aliphatic heterocycles. The van der Waals surface area contributed by atoms with E-state index in [1.54, 1.807) is 0 Å². The number of carboxylic acid groups (broad SMARTS) is 1. The number of nitrogens with one attached hydrogen (secondary N) is 1. The van der Waals surface area contributed by atoms with Gasteiger partial charge in [0.1, 0.15) is 0 Å².